The lowest BCUT2D eigenvalue weighted by atomic mass is 9.95. The van der Waals surface area contributed by atoms with Crippen molar-refractivity contribution in [3.63, 3.8) is 0 Å². The van der Waals surface area contributed by atoms with Crippen molar-refractivity contribution in [3.05, 3.63) is 57.7 Å². The number of phenols is 1. The van der Waals surface area contributed by atoms with Crippen molar-refractivity contribution in [2.24, 2.45) is 5.92 Å². The van der Waals surface area contributed by atoms with Gasteiger partial charge in [-0.15, -0.1) is 0 Å². The topological polar surface area (TPSA) is 108 Å². The summed E-state index contributed by atoms with van der Waals surface area (Å²) in [5, 5.41) is 28.0. The van der Waals surface area contributed by atoms with Crippen molar-refractivity contribution >= 4 is 17.5 Å². The number of fused-ring (bicyclic) bond motifs is 1. The van der Waals surface area contributed by atoms with E-state index in [1.165, 1.54) is 0 Å². The molecule has 3 N–H and O–H groups in total. The summed E-state index contributed by atoms with van der Waals surface area (Å²) in [5.74, 6) is 1.40. The van der Waals surface area contributed by atoms with E-state index in [9.17, 15) is 15.0 Å². The van der Waals surface area contributed by atoms with Crippen molar-refractivity contribution in [1.29, 1.82) is 0 Å². The summed E-state index contributed by atoms with van der Waals surface area (Å²) in [5.41, 5.74) is 3.25. The van der Waals surface area contributed by atoms with E-state index in [0.717, 1.165) is 17.5 Å². The summed E-state index contributed by atoms with van der Waals surface area (Å²) >= 11 is 6.34. The van der Waals surface area contributed by atoms with Gasteiger partial charge in [0.1, 0.15) is 17.1 Å². The predicted molar refractivity (Wildman–Crippen MR) is 133 cm³/mol. The van der Waals surface area contributed by atoms with Crippen LogP contribution >= 0.6 is 11.6 Å². The Hall–Kier alpha value is -3.23. The molecule has 1 aliphatic heterocycles. The highest BCUT2D eigenvalue weighted by molar-refractivity contribution is 6.31. The van der Waals surface area contributed by atoms with E-state index >= 15 is 0 Å². The van der Waals surface area contributed by atoms with E-state index < -0.39 is 6.04 Å². The number of benzene rings is 2. The third-order valence-corrected chi connectivity index (χ3v) is 6.60. The second-order valence-corrected chi connectivity index (χ2v) is 9.45. The molecule has 0 radical (unpaired) electrons. The standard InChI is InChI=1S/C26H30ClN3O5/c1-14(2)7-10-35-20-6-5-16(12-21(20)34-4)25-22-23(17-13-18(27)15(3)11-19(17)32)28-29-24(22)26(33)30(25)8-9-31/h5-6,11-14,25,31-32H,7-10H2,1-4H3,(H,28,29)/t25-/m0/s1. The third-order valence-electron chi connectivity index (χ3n) is 6.19. The van der Waals surface area contributed by atoms with Crippen LogP contribution in [0.15, 0.2) is 30.3 Å². The number of amides is 1. The molecule has 9 heteroatoms. The molecule has 0 saturated carbocycles. The molecule has 1 aliphatic rings. The van der Waals surface area contributed by atoms with Crippen molar-refractivity contribution in [1.82, 2.24) is 15.1 Å². The molecule has 0 bridgehead atoms. The molecule has 0 saturated heterocycles. The number of hydrogen-bond acceptors (Lipinski definition) is 6. The summed E-state index contributed by atoms with van der Waals surface area (Å²) < 4.78 is 11.5. The number of aliphatic hydroxyl groups excluding tert-OH is 1. The maximum atomic E-state index is 13.2. The molecular weight excluding hydrogens is 470 g/mol. The summed E-state index contributed by atoms with van der Waals surface area (Å²) in [6, 6.07) is 8.20. The first-order chi connectivity index (χ1) is 16.8. The first-order valence-corrected chi connectivity index (χ1v) is 11.9. The van der Waals surface area contributed by atoms with Gasteiger partial charge in [-0.25, -0.2) is 0 Å². The second kappa shape index (κ2) is 10.2. The molecule has 2 heterocycles. The van der Waals surface area contributed by atoms with Crippen molar-refractivity contribution in [3.8, 4) is 28.5 Å². The van der Waals surface area contributed by atoms with Crippen LogP contribution < -0.4 is 9.47 Å². The average Bonchev–Trinajstić information content (AvgIpc) is 3.36. The maximum Gasteiger partial charge on any atom is 0.273 e. The van der Waals surface area contributed by atoms with Gasteiger partial charge in [0.05, 0.1) is 26.4 Å². The number of carbonyl (C=O) groups excluding carboxylic acids is 1. The van der Waals surface area contributed by atoms with Crippen LogP contribution in [0, 0.1) is 12.8 Å². The normalized spacial score (nSPS) is 15.1. The van der Waals surface area contributed by atoms with Gasteiger partial charge in [-0.1, -0.05) is 31.5 Å². The van der Waals surface area contributed by atoms with E-state index in [4.69, 9.17) is 21.1 Å². The number of ether oxygens (including phenoxy) is 2. The number of nitrogens with one attached hydrogen (secondary N) is 1. The number of aryl methyl sites for hydroxylation is 1. The van der Waals surface area contributed by atoms with Crippen LogP contribution in [0.1, 0.15) is 53.5 Å². The minimum atomic E-state index is -0.559. The molecule has 8 nitrogen and oxygen atoms in total. The molecule has 1 atom stereocenters. The lowest BCUT2D eigenvalue weighted by Gasteiger charge is -2.26. The highest BCUT2D eigenvalue weighted by Crippen LogP contribution is 2.46. The number of nitrogens with zero attached hydrogens (tertiary/aromatic N) is 2. The molecule has 1 aromatic heterocycles. The number of methoxy groups -OCH3 is 1. The number of aromatic amines is 1. The van der Waals surface area contributed by atoms with Gasteiger partial charge in [0, 0.05) is 22.7 Å². The number of carbonyl (C=O) groups is 1. The van der Waals surface area contributed by atoms with Gasteiger partial charge < -0.3 is 24.6 Å². The fourth-order valence-corrected chi connectivity index (χ4v) is 4.48. The zero-order valence-electron chi connectivity index (χ0n) is 20.3. The monoisotopic (exact) mass is 499 g/mol. The molecule has 0 fully saturated rings. The number of halogens is 1. The first kappa shape index (κ1) is 24.9. The van der Waals surface area contributed by atoms with E-state index in [1.54, 1.807) is 31.1 Å². The third kappa shape index (κ3) is 4.68. The van der Waals surface area contributed by atoms with Crippen LogP contribution in [0.4, 0.5) is 0 Å². The SMILES string of the molecule is COc1cc([C@H]2c3c(-c4cc(Cl)c(C)cc4O)n[nH]c3C(=O)N2CCO)ccc1OCCC(C)C. The summed E-state index contributed by atoms with van der Waals surface area (Å²) in [6.45, 7) is 6.55. The highest BCUT2D eigenvalue weighted by atomic mass is 35.5. The van der Waals surface area contributed by atoms with Crippen LogP contribution in [-0.2, 0) is 0 Å². The van der Waals surface area contributed by atoms with E-state index in [0.29, 0.717) is 51.6 Å². The zero-order chi connectivity index (χ0) is 25.3. The van der Waals surface area contributed by atoms with Crippen LogP contribution in [-0.4, -0.2) is 58.1 Å². The van der Waals surface area contributed by atoms with Crippen molar-refractivity contribution < 1.29 is 24.5 Å². The second-order valence-electron chi connectivity index (χ2n) is 9.05. The number of hydrogen-bond donors (Lipinski definition) is 3. The Morgan fingerprint density at radius 2 is 2.00 bits per heavy atom. The number of aliphatic hydroxyl groups is 1. The van der Waals surface area contributed by atoms with E-state index in [1.807, 2.05) is 18.2 Å². The number of H-pyrrole nitrogens is 1. The molecule has 0 spiro atoms. The minimum absolute atomic E-state index is 0.0134. The van der Waals surface area contributed by atoms with Crippen LogP contribution in [0.25, 0.3) is 11.3 Å². The zero-order valence-corrected chi connectivity index (χ0v) is 21.0. The van der Waals surface area contributed by atoms with Gasteiger partial charge in [0.2, 0.25) is 0 Å². The number of aromatic nitrogens is 2. The van der Waals surface area contributed by atoms with Crippen molar-refractivity contribution in [2.75, 3.05) is 26.9 Å². The Kier molecular flexibility index (Phi) is 7.23. The first-order valence-electron chi connectivity index (χ1n) is 11.6. The number of phenolic OH excluding ortho intramolecular Hbond substituents is 1. The molecule has 3 aromatic rings. The Bertz CT molecular complexity index is 1240. The number of aromatic hydroxyl groups is 1. The van der Waals surface area contributed by atoms with Gasteiger partial charge in [-0.3, -0.25) is 9.89 Å². The molecule has 186 valence electrons. The van der Waals surface area contributed by atoms with Gasteiger partial charge in [0.25, 0.3) is 5.91 Å². The van der Waals surface area contributed by atoms with E-state index in [2.05, 4.69) is 24.0 Å². The van der Waals surface area contributed by atoms with Gasteiger partial charge >= 0.3 is 0 Å². The van der Waals surface area contributed by atoms with Crippen LogP contribution in [0.2, 0.25) is 5.02 Å². The summed E-state index contributed by atoms with van der Waals surface area (Å²) in [6.07, 6.45) is 0.913. The smallest absolute Gasteiger partial charge is 0.273 e. The Morgan fingerprint density at radius 3 is 2.69 bits per heavy atom. The molecule has 0 aliphatic carbocycles. The quantitative estimate of drug-likeness (QED) is 0.393. The molecule has 1 amide bonds. The molecule has 2 aromatic carbocycles. The lowest BCUT2D eigenvalue weighted by Crippen LogP contribution is -2.32. The van der Waals surface area contributed by atoms with E-state index in [-0.39, 0.29) is 24.8 Å². The molecule has 35 heavy (non-hydrogen) atoms. The maximum absolute atomic E-state index is 13.2. The van der Waals surface area contributed by atoms with Gasteiger partial charge in [-0.05, 0) is 54.7 Å². The highest BCUT2D eigenvalue weighted by Gasteiger charge is 2.42. The molecule has 4 rings (SSSR count). The fourth-order valence-electron chi connectivity index (χ4n) is 4.32. The van der Waals surface area contributed by atoms with Gasteiger partial charge in [-0.2, -0.15) is 5.10 Å². The Balaban J connectivity index is 1.80. The molecular formula is C26H30ClN3O5. The fraction of sp³-hybridized carbons (Fsp3) is 0.385. The Labute approximate surface area is 209 Å². The predicted octanol–water partition coefficient (Wildman–Crippen LogP) is 4.72. The van der Waals surface area contributed by atoms with Gasteiger partial charge in [0.15, 0.2) is 11.5 Å². The Morgan fingerprint density at radius 1 is 1.23 bits per heavy atom. The average molecular weight is 500 g/mol. The minimum Gasteiger partial charge on any atom is -0.507 e. The largest absolute Gasteiger partial charge is 0.507 e. The summed E-state index contributed by atoms with van der Waals surface area (Å²) in [4.78, 5) is 14.8. The van der Waals surface area contributed by atoms with Crippen molar-refractivity contribution in [2.45, 2.75) is 33.2 Å². The molecule has 0 unspecified atom stereocenters. The van der Waals surface area contributed by atoms with Crippen LogP contribution in [0.5, 0.6) is 17.2 Å². The number of β-amino-alcohol motifs (C(OH)–C–C–N with tert-alkyl or cyclic N) is 1. The lowest BCUT2D eigenvalue weighted by molar-refractivity contribution is 0.0706. The summed E-state index contributed by atoms with van der Waals surface area (Å²) in [7, 11) is 1.57. The number of rotatable bonds is 9. The van der Waals surface area contributed by atoms with Crippen LogP contribution in [0.3, 0.4) is 0 Å².